The molecule has 2 rings (SSSR count). The molecule has 1 heterocycles. The van der Waals surface area contributed by atoms with Crippen molar-refractivity contribution in [2.75, 3.05) is 46.4 Å². The molecule has 158 valence electrons. The molecule has 28 heavy (non-hydrogen) atoms. The largest absolute Gasteiger partial charge is 0.497 e. The van der Waals surface area contributed by atoms with Crippen molar-refractivity contribution in [1.82, 2.24) is 15.5 Å². The van der Waals surface area contributed by atoms with Gasteiger partial charge in [0.15, 0.2) is 5.96 Å². The van der Waals surface area contributed by atoms with Gasteiger partial charge in [0.05, 0.1) is 13.7 Å². The van der Waals surface area contributed by atoms with Gasteiger partial charge >= 0.3 is 0 Å². The number of hydrogen-bond donors (Lipinski definition) is 2. The van der Waals surface area contributed by atoms with Crippen LogP contribution in [0.25, 0.3) is 0 Å². The Morgan fingerprint density at radius 3 is 2.64 bits per heavy atom. The van der Waals surface area contributed by atoms with Gasteiger partial charge in [0.2, 0.25) is 0 Å². The van der Waals surface area contributed by atoms with Crippen LogP contribution in [0.4, 0.5) is 0 Å². The maximum Gasteiger partial charge on any atom is 0.191 e. The van der Waals surface area contributed by atoms with E-state index in [9.17, 15) is 0 Å². The molecule has 1 aromatic rings. The lowest BCUT2D eigenvalue weighted by Crippen LogP contribution is -2.40. The second kappa shape index (κ2) is 12.5. The molecule has 2 N–H and O–H groups in total. The van der Waals surface area contributed by atoms with Crippen molar-refractivity contribution in [3.8, 4) is 11.5 Å². The van der Waals surface area contributed by atoms with Gasteiger partial charge in [-0.05, 0) is 70.8 Å². The second-order valence-corrected chi connectivity index (χ2v) is 7.42. The summed E-state index contributed by atoms with van der Waals surface area (Å²) < 4.78 is 11.2. The predicted octanol–water partition coefficient (Wildman–Crippen LogP) is 3.14. The van der Waals surface area contributed by atoms with E-state index < -0.39 is 0 Å². The molecule has 0 radical (unpaired) electrons. The van der Waals surface area contributed by atoms with Gasteiger partial charge in [-0.3, -0.25) is 0 Å². The smallest absolute Gasteiger partial charge is 0.191 e. The van der Waals surface area contributed by atoms with Gasteiger partial charge in [0, 0.05) is 19.2 Å². The molecule has 0 aromatic heterocycles. The fraction of sp³-hybridized carbons (Fsp3) is 0.682. The third-order valence-corrected chi connectivity index (χ3v) is 5.23. The van der Waals surface area contributed by atoms with Crippen LogP contribution < -0.4 is 20.1 Å². The highest BCUT2D eigenvalue weighted by Crippen LogP contribution is 2.20. The fourth-order valence-electron chi connectivity index (χ4n) is 3.49. The van der Waals surface area contributed by atoms with Crippen molar-refractivity contribution >= 4 is 5.96 Å². The molecule has 0 aliphatic carbocycles. The summed E-state index contributed by atoms with van der Waals surface area (Å²) in [4.78, 5) is 7.23. The molecule has 0 saturated carbocycles. The number of guanidine groups is 1. The first-order chi connectivity index (χ1) is 13.6. The fourth-order valence-corrected chi connectivity index (χ4v) is 3.49. The quantitative estimate of drug-likeness (QED) is 0.475. The van der Waals surface area contributed by atoms with Crippen molar-refractivity contribution < 1.29 is 9.47 Å². The van der Waals surface area contributed by atoms with Crippen molar-refractivity contribution in [2.24, 2.45) is 10.9 Å². The number of nitrogens with zero attached hydrogens (tertiary/aromatic N) is 2. The normalized spacial score (nSPS) is 17.2. The first-order valence-corrected chi connectivity index (χ1v) is 10.7. The number of nitrogens with one attached hydrogen (secondary N) is 2. The lowest BCUT2D eigenvalue weighted by atomic mass is 9.93. The zero-order chi connectivity index (χ0) is 20.2. The summed E-state index contributed by atoms with van der Waals surface area (Å²) in [5, 5.41) is 6.81. The lowest BCUT2D eigenvalue weighted by Gasteiger charge is -2.31. The highest BCUT2D eigenvalue weighted by molar-refractivity contribution is 5.79. The molecule has 1 fully saturated rings. The van der Waals surface area contributed by atoms with Crippen molar-refractivity contribution in [3.63, 3.8) is 0 Å². The summed E-state index contributed by atoms with van der Waals surface area (Å²) >= 11 is 0. The van der Waals surface area contributed by atoms with Crippen LogP contribution in [-0.2, 0) is 0 Å². The molecular weight excluding hydrogens is 352 g/mol. The molecule has 1 aliphatic heterocycles. The van der Waals surface area contributed by atoms with E-state index in [0.29, 0.717) is 6.54 Å². The Kier molecular flexibility index (Phi) is 9.97. The van der Waals surface area contributed by atoms with Gasteiger partial charge in [0.25, 0.3) is 0 Å². The van der Waals surface area contributed by atoms with Crippen LogP contribution in [0.2, 0.25) is 0 Å². The van der Waals surface area contributed by atoms with Crippen LogP contribution in [0.5, 0.6) is 11.5 Å². The number of aliphatic imine (C=N–C) groups is 1. The maximum absolute atomic E-state index is 5.96. The van der Waals surface area contributed by atoms with Crippen LogP contribution in [0, 0.1) is 5.92 Å². The Morgan fingerprint density at radius 2 is 1.96 bits per heavy atom. The summed E-state index contributed by atoms with van der Waals surface area (Å²) in [6.07, 6.45) is 3.82. The Balaban J connectivity index is 1.74. The zero-order valence-electron chi connectivity index (χ0n) is 18.0. The first-order valence-electron chi connectivity index (χ1n) is 10.7. The summed E-state index contributed by atoms with van der Waals surface area (Å²) in [7, 11) is 1.66. The van der Waals surface area contributed by atoms with Crippen LogP contribution >= 0.6 is 0 Å². The van der Waals surface area contributed by atoms with Crippen molar-refractivity contribution in [2.45, 2.75) is 46.1 Å². The van der Waals surface area contributed by atoms with Crippen molar-refractivity contribution in [3.05, 3.63) is 24.3 Å². The van der Waals surface area contributed by atoms with Crippen LogP contribution in [0.3, 0.4) is 0 Å². The van der Waals surface area contributed by atoms with E-state index >= 15 is 0 Å². The molecule has 0 bridgehead atoms. The number of piperidine rings is 1. The molecule has 1 aliphatic rings. The number of methoxy groups -OCH3 is 1. The number of likely N-dealkylation sites (tertiary alicyclic amines) is 1. The monoisotopic (exact) mass is 390 g/mol. The van der Waals surface area contributed by atoms with Gasteiger partial charge in [-0.2, -0.15) is 0 Å². The molecule has 1 aromatic carbocycles. The maximum atomic E-state index is 5.96. The van der Waals surface area contributed by atoms with Crippen LogP contribution in [0.1, 0.15) is 40.0 Å². The molecule has 6 nitrogen and oxygen atoms in total. The lowest BCUT2D eigenvalue weighted by molar-refractivity contribution is 0.187. The van der Waals surface area contributed by atoms with E-state index in [2.05, 4.69) is 29.4 Å². The van der Waals surface area contributed by atoms with Crippen LogP contribution in [-0.4, -0.2) is 63.3 Å². The topological polar surface area (TPSA) is 58.1 Å². The minimum absolute atomic E-state index is 0.0130. The molecular formula is C22H38N4O2. The predicted molar refractivity (Wildman–Crippen MR) is 117 cm³/mol. The zero-order valence-corrected chi connectivity index (χ0v) is 18.0. The molecule has 0 amide bonds. The van der Waals surface area contributed by atoms with Gasteiger partial charge < -0.3 is 25.0 Å². The Bertz CT molecular complexity index is 586. The van der Waals surface area contributed by atoms with E-state index in [-0.39, 0.29) is 6.10 Å². The SMILES string of the molecule is CCNC(=NCC(C)Oc1cccc(OC)c1)NCCC1CCN(CC)CC1. The average molecular weight is 391 g/mol. The number of hydrogen-bond acceptors (Lipinski definition) is 4. The Morgan fingerprint density at radius 1 is 1.21 bits per heavy atom. The standard InChI is InChI=1S/C22H38N4O2/c1-5-23-22(24-13-10-19-11-14-26(6-2)15-12-19)25-17-18(3)28-21-9-7-8-20(16-21)27-4/h7-9,16,18-19H,5-6,10-15,17H2,1-4H3,(H2,23,24,25). The Hall–Kier alpha value is -1.95. The highest BCUT2D eigenvalue weighted by Gasteiger charge is 2.17. The molecule has 1 unspecified atom stereocenters. The first kappa shape index (κ1) is 22.3. The molecule has 6 heteroatoms. The van der Waals surface area contributed by atoms with E-state index in [1.165, 1.54) is 38.9 Å². The third-order valence-electron chi connectivity index (χ3n) is 5.23. The summed E-state index contributed by atoms with van der Waals surface area (Å²) in [5.74, 6) is 3.30. The number of benzene rings is 1. The van der Waals surface area contributed by atoms with Crippen LogP contribution in [0.15, 0.2) is 29.3 Å². The number of ether oxygens (including phenoxy) is 2. The molecule has 1 atom stereocenters. The number of rotatable bonds is 10. The molecule has 1 saturated heterocycles. The summed E-state index contributed by atoms with van der Waals surface area (Å²) in [6.45, 7) is 12.5. The van der Waals surface area contributed by atoms with E-state index in [4.69, 9.17) is 14.5 Å². The van der Waals surface area contributed by atoms with E-state index in [0.717, 1.165) is 36.5 Å². The van der Waals surface area contributed by atoms with Gasteiger partial charge in [0.1, 0.15) is 17.6 Å². The second-order valence-electron chi connectivity index (χ2n) is 7.42. The molecule has 0 spiro atoms. The third kappa shape index (κ3) is 7.97. The average Bonchev–Trinajstić information content (AvgIpc) is 2.72. The highest BCUT2D eigenvalue weighted by atomic mass is 16.5. The van der Waals surface area contributed by atoms with Crippen molar-refractivity contribution in [1.29, 1.82) is 0 Å². The summed E-state index contributed by atoms with van der Waals surface area (Å²) in [6, 6.07) is 7.68. The minimum Gasteiger partial charge on any atom is -0.497 e. The van der Waals surface area contributed by atoms with Gasteiger partial charge in [-0.15, -0.1) is 0 Å². The Labute approximate surface area is 170 Å². The van der Waals surface area contributed by atoms with E-state index in [1.807, 2.05) is 31.2 Å². The summed E-state index contributed by atoms with van der Waals surface area (Å²) in [5.41, 5.74) is 0. The van der Waals surface area contributed by atoms with Gasteiger partial charge in [-0.25, -0.2) is 4.99 Å². The minimum atomic E-state index is -0.0130. The van der Waals surface area contributed by atoms with Gasteiger partial charge in [-0.1, -0.05) is 13.0 Å². The van der Waals surface area contributed by atoms with E-state index in [1.54, 1.807) is 7.11 Å².